The largest absolute Gasteiger partial charge is 0.372 e. The summed E-state index contributed by atoms with van der Waals surface area (Å²) in [5.74, 6) is 1.06. The van der Waals surface area contributed by atoms with E-state index in [1.807, 2.05) is 24.3 Å². The van der Waals surface area contributed by atoms with Crippen molar-refractivity contribution in [1.82, 2.24) is 5.43 Å². The summed E-state index contributed by atoms with van der Waals surface area (Å²) in [6.07, 6.45) is 6.53. The fourth-order valence-corrected chi connectivity index (χ4v) is 3.26. The fourth-order valence-electron chi connectivity index (χ4n) is 3.26. The molecular weight excluding hydrogens is 274 g/mol. The van der Waals surface area contributed by atoms with E-state index in [2.05, 4.69) is 41.4 Å². The van der Waals surface area contributed by atoms with Gasteiger partial charge in [0.05, 0.1) is 0 Å². The lowest BCUT2D eigenvalue weighted by atomic mass is 9.74. The Kier molecular flexibility index (Phi) is 4.27. The van der Waals surface area contributed by atoms with Gasteiger partial charge in [-0.2, -0.15) is 5.10 Å². The fraction of sp³-hybridized carbons (Fsp3) is 0.444. The lowest BCUT2D eigenvalue weighted by Crippen LogP contribution is -2.35. The molecule has 0 bridgehead atoms. The number of hydrazone groups is 1. The molecule has 4 nitrogen and oxygen atoms in total. The van der Waals surface area contributed by atoms with E-state index in [0.717, 1.165) is 37.3 Å². The maximum Gasteiger partial charge on any atom is 0.271 e. The van der Waals surface area contributed by atoms with Crippen LogP contribution >= 0.6 is 0 Å². The molecule has 1 fully saturated rings. The molecule has 4 heteroatoms. The van der Waals surface area contributed by atoms with Crippen molar-refractivity contribution in [3.8, 4) is 0 Å². The zero-order chi connectivity index (χ0) is 15.5. The van der Waals surface area contributed by atoms with Gasteiger partial charge >= 0.3 is 0 Å². The highest BCUT2D eigenvalue weighted by Gasteiger charge is 2.37. The Morgan fingerprint density at radius 2 is 2.00 bits per heavy atom. The highest BCUT2D eigenvalue weighted by atomic mass is 16.2. The number of hydrogen-bond acceptors (Lipinski definition) is 3. The highest BCUT2D eigenvalue weighted by molar-refractivity contribution is 5.98. The number of fused-ring (bicyclic) bond motifs is 1. The molecule has 0 radical (unpaired) electrons. The number of nitrogens with one attached hydrogen (secondary N) is 1. The van der Waals surface area contributed by atoms with Crippen LogP contribution in [0.2, 0.25) is 0 Å². The van der Waals surface area contributed by atoms with Crippen molar-refractivity contribution >= 4 is 17.3 Å². The quantitative estimate of drug-likeness (QED) is 0.670. The summed E-state index contributed by atoms with van der Waals surface area (Å²) in [7, 11) is 0. The third kappa shape index (κ3) is 2.78. The Bertz CT molecular complexity index is 599. The molecule has 0 heterocycles. The summed E-state index contributed by atoms with van der Waals surface area (Å²) in [5, 5.41) is 4.31. The minimum Gasteiger partial charge on any atom is -0.372 e. The number of benzene rings is 1. The third-order valence-corrected chi connectivity index (χ3v) is 4.72. The first-order chi connectivity index (χ1) is 10.7. The Morgan fingerprint density at radius 1 is 1.27 bits per heavy atom. The van der Waals surface area contributed by atoms with Crippen LogP contribution in [0.3, 0.4) is 0 Å². The number of hydrogen-bond donors (Lipinski definition) is 1. The predicted octanol–water partition coefficient (Wildman–Crippen LogP) is 3.21. The molecule has 1 N–H and O–H groups in total. The molecule has 0 aliphatic heterocycles. The van der Waals surface area contributed by atoms with Crippen LogP contribution in [0.4, 0.5) is 5.69 Å². The van der Waals surface area contributed by atoms with Gasteiger partial charge < -0.3 is 4.90 Å². The summed E-state index contributed by atoms with van der Waals surface area (Å²) >= 11 is 0. The molecule has 0 saturated heterocycles. The van der Waals surface area contributed by atoms with E-state index < -0.39 is 0 Å². The number of carbonyl (C=O) groups excluding carboxylic acids is 1. The van der Waals surface area contributed by atoms with Gasteiger partial charge in [-0.1, -0.05) is 12.2 Å². The van der Waals surface area contributed by atoms with Crippen molar-refractivity contribution in [2.24, 2.45) is 16.9 Å². The molecule has 2 aliphatic rings. The molecule has 1 amide bonds. The lowest BCUT2D eigenvalue weighted by Gasteiger charge is -2.31. The minimum absolute atomic E-state index is 0.131. The molecule has 1 saturated carbocycles. The average molecular weight is 297 g/mol. The van der Waals surface area contributed by atoms with Crippen molar-refractivity contribution in [3.05, 3.63) is 42.0 Å². The minimum atomic E-state index is -0.131. The molecule has 0 aromatic heterocycles. The van der Waals surface area contributed by atoms with E-state index in [4.69, 9.17) is 0 Å². The van der Waals surface area contributed by atoms with Gasteiger partial charge in [0.15, 0.2) is 0 Å². The second-order valence-corrected chi connectivity index (χ2v) is 5.90. The van der Waals surface area contributed by atoms with Crippen molar-refractivity contribution < 1.29 is 4.79 Å². The monoisotopic (exact) mass is 297 g/mol. The Labute approximate surface area is 131 Å². The van der Waals surface area contributed by atoms with Crippen LogP contribution < -0.4 is 10.3 Å². The maximum atomic E-state index is 12.2. The Morgan fingerprint density at radius 3 is 2.64 bits per heavy atom. The number of amides is 1. The van der Waals surface area contributed by atoms with Crippen molar-refractivity contribution in [1.29, 1.82) is 0 Å². The highest BCUT2D eigenvalue weighted by Crippen LogP contribution is 2.40. The van der Waals surface area contributed by atoms with E-state index in [1.54, 1.807) is 0 Å². The first-order valence-electron chi connectivity index (χ1n) is 8.11. The van der Waals surface area contributed by atoms with E-state index in [0.29, 0.717) is 17.4 Å². The van der Waals surface area contributed by atoms with Gasteiger partial charge in [0, 0.05) is 36.0 Å². The van der Waals surface area contributed by atoms with Crippen LogP contribution in [0.1, 0.15) is 37.0 Å². The van der Waals surface area contributed by atoms with Gasteiger partial charge in [-0.3, -0.25) is 4.79 Å². The van der Waals surface area contributed by atoms with Gasteiger partial charge in [-0.05, 0) is 56.9 Å². The maximum absolute atomic E-state index is 12.2. The summed E-state index contributed by atoms with van der Waals surface area (Å²) in [6.45, 7) is 6.19. The molecule has 116 valence electrons. The summed E-state index contributed by atoms with van der Waals surface area (Å²) in [4.78, 5) is 14.4. The molecule has 0 unspecified atom stereocenters. The van der Waals surface area contributed by atoms with Crippen LogP contribution in [0, 0.1) is 11.8 Å². The second kappa shape index (κ2) is 6.34. The molecule has 1 aromatic carbocycles. The average Bonchev–Trinajstić information content (AvgIpc) is 2.90. The van der Waals surface area contributed by atoms with Crippen molar-refractivity contribution in [2.45, 2.75) is 26.7 Å². The molecule has 2 atom stereocenters. The third-order valence-electron chi connectivity index (χ3n) is 4.72. The van der Waals surface area contributed by atoms with Gasteiger partial charge in [0.2, 0.25) is 0 Å². The predicted molar refractivity (Wildman–Crippen MR) is 90.3 cm³/mol. The molecular formula is C18H23N3O. The number of carbonyl (C=O) groups is 1. The van der Waals surface area contributed by atoms with Gasteiger partial charge in [-0.25, -0.2) is 5.43 Å². The van der Waals surface area contributed by atoms with Gasteiger partial charge in [0.25, 0.3) is 5.91 Å². The van der Waals surface area contributed by atoms with E-state index in [1.165, 1.54) is 0 Å². The van der Waals surface area contributed by atoms with Crippen molar-refractivity contribution in [2.75, 3.05) is 18.0 Å². The number of rotatable bonds is 5. The van der Waals surface area contributed by atoms with Crippen LogP contribution in [0.5, 0.6) is 0 Å². The van der Waals surface area contributed by atoms with Gasteiger partial charge in [-0.15, -0.1) is 0 Å². The lowest BCUT2D eigenvalue weighted by molar-refractivity contribution is 0.0954. The second-order valence-electron chi connectivity index (χ2n) is 5.90. The van der Waals surface area contributed by atoms with Gasteiger partial charge in [0.1, 0.15) is 0 Å². The van der Waals surface area contributed by atoms with Crippen LogP contribution in [-0.4, -0.2) is 24.7 Å². The number of anilines is 1. The smallest absolute Gasteiger partial charge is 0.271 e. The van der Waals surface area contributed by atoms with E-state index in [9.17, 15) is 4.79 Å². The normalized spacial score (nSPS) is 24.0. The molecule has 22 heavy (non-hydrogen) atoms. The topological polar surface area (TPSA) is 44.7 Å². The molecule has 2 aliphatic carbocycles. The van der Waals surface area contributed by atoms with Crippen LogP contribution in [0.15, 0.2) is 41.5 Å². The molecule has 0 spiro atoms. The molecule has 3 rings (SSSR count). The summed E-state index contributed by atoms with van der Waals surface area (Å²) in [6, 6.07) is 7.72. The zero-order valence-corrected chi connectivity index (χ0v) is 13.2. The first-order valence-corrected chi connectivity index (χ1v) is 8.11. The van der Waals surface area contributed by atoms with Crippen LogP contribution in [0.25, 0.3) is 0 Å². The molecule has 1 aromatic rings. The van der Waals surface area contributed by atoms with Crippen molar-refractivity contribution in [3.63, 3.8) is 0 Å². The van der Waals surface area contributed by atoms with E-state index in [-0.39, 0.29) is 5.91 Å². The van der Waals surface area contributed by atoms with E-state index >= 15 is 0 Å². The SMILES string of the molecule is CCN(CC)c1ccc(C(=O)N/N=C2/C[C@H]3C=CC[C@H]23)cc1. The summed E-state index contributed by atoms with van der Waals surface area (Å²) < 4.78 is 0. The number of nitrogens with zero attached hydrogens (tertiary/aromatic N) is 2. The summed E-state index contributed by atoms with van der Waals surface area (Å²) in [5.41, 5.74) is 5.62. The Hall–Kier alpha value is -2.10. The Balaban J connectivity index is 1.59. The number of allylic oxidation sites excluding steroid dienone is 2. The zero-order valence-electron chi connectivity index (χ0n) is 13.2. The van der Waals surface area contributed by atoms with Crippen LogP contribution in [-0.2, 0) is 0 Å². The first kappa shape index (κ1) is 14.8. The standard InChI is InChI=1S/C18H23N3O/c1-3-21(4-2)15-10-8-13(9-11-15)18(22)20-19-17-12-14-6-5-7-16(14)17/h5-6,8-11,14,16H,3-4,7,12H2,1-2H3,(H,20,22)/b19-17-/t14-,16+/m1/s1.